The highest BCUT2D eigenvalue weighted by molar-refractivity contribution is 5.68. The summed E-state index contributed by atoms with van der Waals surface area (Å²) in [5.74, 6) is -0.401. The lowest BCUT2D eigenvalue weighted by molar-refractivity contribution is -0.139. The molecule has 0 aliphatic carbocycles. The van der Waals surface area contributed by atoms with Crippen LogP contribution < -0.4 is 10.1 Å². The number of carbonyl (C=O) groups is 1. The smallest absolute Gasteiger partial charge is 0.341 e. The van der Waals surface area contributed by atoms with Crippen molar-refractivity contribution in [3.63, 3.8) is 0 Å². The molecule has 28 heavy (non-hydrogen) atoms. The van der Waals surface area contributed by atoms with E-state index in [1.165, 1.54) is 11.1 Å². The van der Waals surface area contributed by atoms with Crippen molar-refractivity contribution in [2.45, 2.75) is 18.3 Å². The molecule has 3 aromatic rings. The number of carboxylic acid groups (broad SMARTS) is 1. The summed E-state index contributed by atoms with van der Waals surface area (Å²) >= 11 is 0. The monoisotopic (exact) mass is 377 g/mol. The first-order valence-corrected chi connectivity index (χ1v) is 9.43. The molecule has 0 spiro atoms. The molecule has 1 aliphatic heterocycles. The Balaban J connectivity index is 1.64. The van der Waals surface area contributed by atoms with Crippen LogP contribution in [0.5, 0.6) is 5.75 Å². The first-order chi connectivity index (χ1) is 13.7. The number of rotatable bonds is 6. The van der Waals surface area contributed by atoms with Gasteiger partial charge in [0.2, 0.25) is 0 Å². The summed E-state index contributed by atoms with van der Waals surface area (Å²) in [6.45, 7) is 1.59. The third-order valence-electron chi connectivity index (χ3n) is 5.50. The Hall–Kier alpha value is -3.12. The van der Waals surface area contributed by atoms with E-state index in [-0.39, 0.29) is 12.0 Å². The first-order valence-electron chi connectivity index (χ1n) is 9.43. The van der Waals surface area contributed by atoms with E-state index >= 15 is 0 Å². The third-order valence-corrected chi connectivity index (χ3v) is 5.50. The second-order valence-corrected chi connectivity index (χ2v) is 7.10. The quantitative estimate of drug-likeness (QED) is 0.614. The van der Waals surface area contributed by atoms with Crippen LogP contribution in [0.25, 0.3) is 11.1 Å². The molecule has 6 heteroatoms. The Bertz CT molecular complexity index is 913. The zero-order valence-corrected chi connectivity index (χ0v) is 15.5. The molecule has 0 unspecified atom stereocenters. The Morgan fingerprint density at radius 3 is 2.21 bits per heavy atom. The molecule has 0 amide bonds. The summed E-state index contributed by atoms with van der Waals surface area (Å²) in [5, 5.41) is 19.1. The maximum Gasteiger partial charge on any atom is 0.341 e. The van der Waals surface area contributed by atoms with Gasteiger partial charge >= 0.3 is 5.97 Å². The van der Waals surface area contributed by atoms with Crippen molar-refractivity contribution >= 4 is 5.97 Å². The standard InChI is InChI=1S/C22H23N3O3/c26-21(27)15-28-20-7-5-19(6-8-20)22(9-11-23-12-10-22)18-3-1-16(2-4-18)17-13-24-25-14-17/h1-8,13-14,23H,9-12,15H2,(H,24,25)(H,26,27). The second-order valence-electron chi connectivity index (χ2n) is 7.10. The summed E-state index contributed by atoms with van der Waals surface area (Å²) in [7, 11) is 0. The van der Waals surface area contributed by atoms with E-state index in [4.69, 9.17) is 9.84 Å². The topological polar surface area (TPSA) is 87.2 Å². The van der Waals surface area contributed by atoms with Gasteiger partial charge in [0.1, 0.15) is 5.75 Å². The van der Waals surface area contributed by atoms with Crippen molar-refractivity contribution in [1.29, 1.82) is 0 Å². The lowest BCUT2D eigenvalue weighted by atomic mass is 9.68. The van der Waals surface area contributed by atoms with Crippen molar-refractivity contribution < 1.29 is 14.6 Å². The van der Waals surface area contributed by atoms with Gasteiger partial charge in [-0.2, -0.15) is 5.10 Å². The van der Waals surface area contributed by atoms with Crippen LogP contribution >= 0.6 is 0 Å². The summed E-state index contributed by atoms with van der Waals surface area (Å²) in [4.78, 5) is 10.7. The van der Waals surface area contributed by atoms with Gasteiger partial charge in [0.15, 0.2) is 6.61 Å². The van der Waals surface area contributed by atoms with Crippen molar-refractivity contribution in [3.05, 3.63) is 72.1 Å². The molecule has 0 radical (unpaired) electrons. The molecule has 2 aromatic carbocycles. The largest absolute Gasteiger partial charge is 0.482 e. The molecule has 6 nitrogen and oxygen atoms in total. The number of piperidine rings is 1. The van der Waals surface area contributed by atoms with Gasteiger partial charge in [0, 0.05) is 17.2 Å². The van der Waals surface area contributed by atoms with Crippen LogP contribution in [0.1, 0.15) is 24.0 Å². The van der Waals surface area contributed by atoms with E-state index in [1.807, 2.05) is 24.5 Å². The zero-order chi connectivity index (χ0) is 19.4. The number of hydrogen-bond acceptors (Lipinski definition) is 4. The molecule has 1 aromatic heterocycles. The normalized spacial score (nSPS) is 15.9. The lowest BCUT2D eigenvalue weighted by Gasteiger charge is -2.39. The number of ether oxygens (including phenoxy) is 1. The minimum Gasteiger partial charge on any atom is -0.482 e. The van der Waals surface area contributed by atoms with Crippen molar-refractivity contribution in [3.8, 4) is 16.9 Å². The fourth-order valence-electron chi connectivity index (χ4n) is 4.00. The number of aliphatic carboxylic acids is 1. The SMILES string of the molecule is O=C(O)COc1ccc(C2(c3ccc(-c4cn[nH]c4)cc3)CCNCC2)cc1. The van der Waals surface area contributed by atoms with E-state index in [9.17, 15) is 4.79 Å². The van der Waals surface area contributed by atoms with Crippen molar-refractivity contribution in [1.82, 2.24) is 15.5 Å². The summed E-state index contributed by atoms with van der Waals surface area (Å²) in [6, 6.07) is 16.6. The second kappa shape index (κ2) is 7.86. The number of H-pyrrole nitrogens is 1. The van der Waals surface area contributed by atoms with E-state index < -0.39 is 5.97 Å². The molecule has 0 bridgehead atoms. The molecule has 2 heterocycles. The number of aromatic amines is 1. The molecular formula is C22H23N3O3. The highest BCUT2D eigenvalue weighted by Crippen LogP contribution is 2.41. The van der Waals surface area contributed by atoms with Crippen molar-refractivity contribution in [2.75, 3.05) is 19.7 Å². The average Bonchev–Trinajstić information content (AvgIpc) is 3.28. The third kappa shape index (κ3) is 3.64. The van der Waals surface area contributed by atoms with Crippen LogP contribution in [-0.2, 0) is 10.2 Å². The Morgan fingerprint density at radius 2 is 1.64 bits per heavy atom. The van der Waals surface area contributed by atoms with Crippen molar-refractivity contribution in [2.24, 2.45) is 0 Å². The van der Waals surface area contributed by atoms with Gasteiger partial charge in [-0.1, -0.05) is 36.4 Å². The number of aromatic nitrogens is 2. The molecule has 4 rings (SSSR count). The van der Waals surface area contributed by atoms with Crippen LogP contribution in [0, 0.1) is 0 Å². The number of carboxylic acids is 1. The molecule has 1 saturated heterocycles. The highest BCUT2D eigenvalue weighted by Gasteiger charge is 2.35. The van der Waals surface area contributed by atoms with Gasteiger partial charge in [0.05, 0.1) is 6.20 Å². The minimum absolute atomic E-state index is 0.0640. The minimum atomic E-state index is -0.975. The number of benzene rings is 2. The Morgan fingerprint density at radius 1 is 1.00 bits per heavy atom. The van der Waals surface area contributed by atoms with Crippen LogP contribution in [0.2, 0.25) is 0 Å². The molecule has 0 saturated carbocycles. The van der Waals surface area contributed by atoms with Gasteiger partial charge < -0.3 is 15.2 Å². The molecular weight excluding hydrogens is 354 g/mol. The zero-order valence-electron chi connectivity index (χ0n) is 15.5. The van der Waals surface area contributed by atoms with Gasteiger partial charge in [0.25, 0.3) is 0 Å². The highest BCUT2D eigenvalue weighted by atomic mass is 16.5. The van der Waals surface area contributed by atoms with E-state index in [0.29, 0.717) is 5.75 Å². The van der Waals surface area contributed by atoms with Crippen LogP contribution in [0.4, 0.5) is 0 Å². The predicted molar refractivity (Wildman–Crippen MR) is 106 cm³/mol. The van der Waals surface area contributed by atoms with Crippen LogP contribution in [-0.4, -0.2) is 41.0 Å². The van der Waals surface area contributed by atoms with E-state index in [0.717, 1.165) is 37.1 Å². The molecule has 1 aliphatic rings. The lowest BCUT2D eigenvalue weighted by Crippen LogP contribution is -2.40. The molecule has 3 N–H and O–H groups in total. The van der Waals surface area contributed by atoms with Crippen LogP contribution in [0.15, 0.2) is 60.9 Å². The van der Waals surface area contributed by atoms with Gasteiger partial charge in [-0.15, -0.1) is 0 Å². The molecule has 1 fully saturated rings. The van der Waals surface area contributed by atoms with Gasteiger partial charge in [-0.25, -0.2) is 4.79 Å². The Labute approximate surface area is 163 Å². The van der Waals surface area contributed by atoms with Gasteiger partial charge in [-0.3, -0.25) is 5.10 Å². The molecule has 0 atom stereocenters. The summed E-state index contributed by atoms with van der Waals surface area (Å²) in [5.41, 5.74) is 4.67. The predicted octanol–water partition coefficient (Wildman–Crippen LogP) is 3.21. The fourth-order valence-corrected chi connectivity index (χ4v) is 4.00. The maximum absolute atomic E-state index is 10.7. The summed E-state index contributed by atoms with van der Waals surface area (Å²) in [6.07, 6.45) is 5.73. The van der Waals surface area contributed by atoms with E-state index in [1.54, 1.807) is 0 Å². The number of nitrogens with zero attached hydrogens (tertiary/aromatic N) is 1. The summed E-state index contributed by atoms with van der Waals surface area (Å²) < 4.78 is 5.28. The average molecular weight is 377 g/mol. The Kier molecular flexibility index (Phi) is 5.12. The number of nitrogens with one attached hydrogen (secondary N) is 2. The maximum atomic E-state index is 10.7. The van der Waals surface area contributed by atoms with Crippen LogP contribution in [0.3, 0.4) is 0 Å². The fraction of sp³-hybridized carbons (Fsp3) is 0.273. The molecule has 144 valence electrons. The first kappa shape index (κ1) is 18.3. The van der Waals surface area contributed by atoms with E-state index in [2.05, 4.69) is 51.9 Å². The number of hydrogen-bond donors (Lipinski definition) is 3. The van der Waals surface area contributed by atoms with Gasteiger partial charge in [-0.05, 0) is 54.8 Å².